The van der Waals surface area contributed by atoms with Crippen LogP contribution < -0.4 is 5.73 Å². The molecule has 0 spiro atoms. The molecule has 0 bridgehead atoms. The summed E-state index contributed by atoms with van der Waals surface area (Å²) in [6.45, 7) is 3.74. The zero-order chi connectivity index (χ0) is 10.2. The molecule has 1 unspecified atom stereocenters. The zero-order valence-electron chi connectivity index (χ0n) is 7.27. The van der Waals surface area contributed by atoms with E-state index in [9.17, 15) is 13.6 Å². The van der Waals surface area contributed by atoms with Gasteiger partial charge in [0, 0.05) is 5.41 Å². The van der Waals surface area contributed by atoms with Crippen LogP contribution in [-0.4, -0.2) is 23.0 Å². The lowest BCUT2D eigenvalue weighted by Gasteiger charge is -2.32. The lowest BCUT2D eigenvalue weighted by atomic mass is 9.84. The summed E-state index contributed by atoms with van der Waals surface area (Å²) < 4.78 is 26.1. The first-order valence-electron chi connectivity index (χ1n) is 3.47. The molecule has 3 N–H and O–H groups in total. The van der Waals surface area contributed by atoms with E-state index in [1.807, 2.05) is 0 Å². The average Bonchev–Trinajstić information content (AvgIpc) is 1.83. The fourth-order valence-electron chi connectivity index (χ4n) is 0.622. The highest BCUT2D eigenvalue weighted by Crippen LogP contribution is 2.37. The van der Waals surface area contributed by atoms with Crippen molar-refractivity contribution in [1.29, 1.82) is 0 Å². The second kappa shape index (κ2) is 2.97. The Hall–Kier alpha value is -0.710. The average molecular weight is 181 g/mol. The fourth-order valence-corrected chi connectivity index (χ4v) is 0.622. The fraction of sp³-hybridized carbons (Fsp3) is 0.857. The molecule has 72 valence electrons. The normalized spacial score (nSPS) is 15.8. The summed E-state index contributed by atoms with van der Waals surface area (Å²) in [7, 11) is 0. The first-order valence-corrected chi connectivity index (χ1v) is 3.47. The lowest BCUT2D eigenvalue weighted by molar-refractivity contribution is -0.162. The monoisotopic (exact) mass is 181 g/mol. The van der Waals surface area contributed by atoms with Gasteiger partial charge in [-0.3, -0.25) is 4.79 Å². The van der Waals surface area contributed by atoms with Crippen molar-refractivity contribution < 1.29 is 18.7 Å². The highest BCUT2D eigenvalue weighted by Gasteiger charge is 2.51. The van der Waals surface area contributed by atoms with Crippen LogP contribution in [0.4, 0.5) is 8.78 Å². The molecule has 5 heteroatoms. The van der Waals surface area contributed by atoms with Gasteiger partial charge in [0.05, 0.1) is 0 Å². The molecule has 0 heterocycles. The van der Waals surface area contributed by atoms with Crippen molar-refractivity contribution >= 4 is 5.97 Å². The van der Waals surface area contributed by atoms with Gasteiger partial charge in [-0.05, 0) is 0 Å². The summed E-state index contributed by atoms with van der Waals surface area (Å²) in [6.07, 6.45) is 0. The first-order chi connectivity index (χ1) is 5.10. The Morgan fingerprint density at radius 1 is 1.42 bits per heavy atom. The van der Waals surface area contributed by atoms with E-state index < -0.39 is 23.3 Å². The van der Waals surface area contributed by atoms with Gasteiger partial charge in [0.2, 0.25) is 0 Å². The first kappa shape index (κ1) is 11.3. The second-order valence-corrected chi connectivity index (χ2v) is 3.69. The Morgan fingerprint density at radius 2 is 1.75 bits per heavy atom. The SMILES string of the molecule is CC(C)(C)C(F)(F)C(N)C(=O)O. The third-order valence-electron chi connectivity index (χ3n) is 1.66. The van der Waals surface area contributed by atoms with Crippen molar-refractivity contribution in [1.82, 2.24) is 0 Å². The molecule has 0 aliphatic heterocycles. The summed E-state index contributed by atoms with van der Waals surface area (Å²) in [5, 5.41) is 8.28. The van der Waals surface area contributed by atoms with Crippen molar-refractivity contribution in [2.24, 2.45) is 11.1 Å². The maximum absolute atomic E-state index is 13.1. The smallest absolute Gasteiger partial charge is 0.326 e. The molecular weight excluding hydrogens is 168 g/mol. The van der Waals surface area contributed by atoms with Crippen molar-refractivity contribution in [3.8, 4) is 0 Å². The van der Waals surface area contributed by atoms with Gasteiger partial charge in [0.15, 0.2) is 6.04 Å². The minimum atomic E-state index is -3.40. The minimum Gasteiger partial charge on any atom is -0.480 e. The highest BCUT2D eigenvalue weighted by atomic mass is 19.3. The molecule has 3 nitrogen and oxygen atoms in total. The lowest BCUT2D eigenvalue weighted by Crippen LogP contribution is -2.54. The Balaban J connectivity index is 4.73. The molecule has 1 atom stereocenters. The van der Waals surface area contributed by atoms with Gasteiger partial charge < -0.3 is 10.8 Å². The molecule has 0 aliphatic carbocycles. The minimum absolute atomic E-state index is 1.25. The molecule has 0 fully saturated rings. The van der Waals surface area contributed by atoms with Crippen LogP contribution in [-0.2, 0) is 4.79 Å². The maximum Gasteiger partial charge on any atom is 0.326 e. The van der Waals surface area contributed by atoms with Crippen LogP contribution in [0.3, 0.4) is 0 Å². The Kier molecular flexibility index (Phi) is 2.79. The quantitative estimate of drug-likeness (QED) is 0.670. The second-order valence-electron chi connectivity index (χ2n) is 3.69. The number of rotatable bonds is 2. The summed E-state index contributed by atoms with van der Waals surface area (Å²) in [4.78, 5) is 10.2. The Labute approximate surface area is 69.6 Å². The summed E-state index contributed by atoms with van der Waals surface area (Å²) in [5.74, 6) is -5.09. The summed E-state index contributed by atoms with van der Waals surface area (Å²) >= 11 is 0. The summed E-state index contributed by atoms with van der Waals surface area (Å²) in [6, 6.07) is -2.14. The van der Waals surface area contributed by atoms with Crippen LogP contribution in [0.5, 0.6) is 0 Å². The molecule has 12 heavy (non-hydrogen) atoms. The number of hydrogen-bond acceptors (Lipinski definition) is 2. The number of carboxylic acid groups (broad SMARTS) is 1. The molecular formula is C7H13F2NO2. The van der Waals surface area contributed by atoms with Gasteiger partial charge in [-0.15, -0.1) is 0 Å². The van der Waals surface area contributed by atoms with E-state index in [-0.39, 0.29) is 0 Å². The van der Waals surface area contributed by atoms with Crippen molar-refractivity contribution in [3.05, 3.63) is 0 Å². The summed E-state index contributed by atoms with van der Waals surface area (Å²) in [5.41, 5.74) is 3.39. The molecule has 0 aliphatic rings. The van der Waals surface area contributed by atoms with Crippen LogP contribution in [0, 0.1) is 5.41 Å². The van der Waals surface area contributed by atoms with Gasteiger partial charge in [-0.25, -0.2) is 8.78 Å². The van der Waals surface area contributed by atoms with Crippen molar-refractivity contribution in [2.45, 2.75) is 32.7 Å². The van der Waals surface area contributed by atoms with Crippen LogP contribution in [0.1, 0.15) is 20.8 Å². The van der Waals surface area contributed by atoms with Gasteiger partial charge in [0.25, 0.3) is 5.92 Å². The van der Waals surface area contributed by atoms with Crippen molar-refractivity contribution in [2.75, 3.05) is 0 Å². The maximum atomic E-state index is 13.1. The Bertz CT molecular complexity index is 186. The number of carbonyl (C=O) groups is 1. The standard InChI is InChI=1S/C7H13F2NO2/c1-6(2,3)7(8,9)4(10)5(11)12/h4H,10H2,1-3H3,(H,11,12). The molecule has 0 aromatic carbocycles. The van der Waals surface area contributed by atoms with E-state index in [1.165, 1.54) is 20.8 Å². The van der Waals surface area contributed by atoms with E-state index in [2.05, 4.69) is 0 Å². The van der Waals surface area contributed by atoms with Crippen molar-refractivity contribution in [3.63, 3.8) is 0 Å². The number of aliphatic carboxylic acids is 1. The number of hydrogen-bond donors (Lipinski definition) is 2. The molecule has 0 saturated carbocycles. The number of halogens is 2. The number of nitrogens with two attached hydrogens (primary N) is 1. The van der Waals surface area contributed by atoms with Crippen LogP contribution in [0.2, 0.25) is 0 Å². The number of carboxylic acids is 1. The predicted octanol–water partition coefficient (Wildman–Crippen LogP) is 1.08. The zero-order valence-corrected chi connectivity index (χ0v) is 7.27. The molecule has 0 amide bonds. The van der Waals surface area contributed by atoms with Gasteiger partial charge in [-0.2, -0.15) is 0 Å². The third-order valence-corrected chi connectivity index (χ3v) is 1.66. The van der Waals surface area contributed by atoms with E-state index in [0.717, 1.165) is 0 Å². The van der Waals surface area contributed by atoms with E-state index >= 15 is 0 Å². The number of alkyl halides is 2. The third kappa shape index (κ3) is 1.91. The van der Waals surface area contributed by atoms with E-state index in [0.29, 0.717) is 0 Å². The van der Waals surface area contributed by atoms with Crippen LogP contribution >= 0.6 is 0 Å². The molecule has 0 aromatic rings. The molecule has 0 rings (SSSR count). The molecule has 0 saturated heterocycles. The van der Waals surface area contributed by atoms with Crippen LogP contribution in [0.25, 0.3) is 0 Å². The topological polar surface area (TPSA) is 63.3 Å². The molecule has 0 aromatic heterocycles. The molecule has 0 radical (unpaired) electrons. The largest absolute Gasteiger partial charge is 0.480 e. The van der Waals surface area contributed by atoms with Crippen LogP contribution in [0.15, 0.2) is 0 Å². The predicted molar refractivity (Wildman–Crippen MR) is 40.0 cm³/mol. The highest BCUT2D eigenvalue weighted by molar-refractivity contribution is 5.74. The van der Waals surface area contributed by atoms with Gasteiger partial charge in [0.1, 0.15) is 0 Å². The van der Waals surface area contributed by atoms with Gasteiger partial charge in [-0.1, -0.05) is 20.8 Å². The Morgan fingerprint density at radius 3 is 1.83 bits per heavy atom. The van der Waals surface area contributed by atoms with Gasteiger partial charge >= 0.3 is 5.97 Å². The van der Waals surface area contributed by atoms with E-state index in [4.69, 9.17) is 10.8 Å². The van der Waals surface area contributed by atoms with E-state index in [1.54, 1.807) is 0 Å².